The zero-order chi connectivity index (χ0) is 14.2. The Bertz CT molecular complexity index is 219. The van der Waals surface area contributed by atoms with E-state index in [-0.39, 0.29) is 12.5 Å². The van der Waals surface area contributed by atoms with E-state index in [0.717, 1.165) is 19.3 Å². The second-order valence-corrected chi connectivity index (χ2v) is 4.63. The highest BCUT2D eigenvalue weighted by Crippen LogP contribution is 2.08. The fourth-order valence-electron chi connectivity index (χ4n) is 1.80. The number of unbranched alkanes of at least 4 members (excludes halogenated alkanes) is 6. The van der Waals surface area contributed by atoms with E-state index in [0.29, 0.717) is 26.2 Å². The fraction of sp³-hybridized carbons (Fsp3) is 0.800. The van der Waals surface area contributed by atoms with Crippen LogP contribution in [0.2, 0.25) is 0 Å². The predicted octanol–water partition coefficient (Wildman–Crippen LogP) is 2.42. The van der Waals surface area contributed by atoms with Gasteiger partial charge in [0.2, 0.25) is 5.91 Å². The number of amides is 1. The molecule has 0 bridgehead atoms. The summed E-state index contributed by atoms with van der Waals surface area (Å²) >= 11 is 0. The normalized spacial score (nSPS) is 10.4. The lowest BCUT2D eigenvalue weighted by Gasteiger charge is -2.05. The van der Waals surface area contributed by atoms with Gasteiger partial charge in [0.15, 0.2) is 0 Å². The minimum atomic E-state index is 0.0285. The molecule has 0 aromatic carbocycles. The van der Waals surface area contributed by atoms with Crippen molar-refractivity contribution in [1.29, 1.82) is 0 Å². The van der Waals surface area contributed by atoms with Gasteiger partial charge in [-0.15, -0.1) is 6.58 Å². The second-order valence-electron chi connectivity index (χ2n) is 4.63. The number of hydrogen-bond acceptors (Lipinski definition) is 3. The third kappa shape index (κ3) is 15.1. The molecule has 0 radical (unpaired) electrons. The number of carbonyl (C=O) groups is 1. The molecule has 0 aromatic rings. The van der Waals surface area contributed by atoms with Gasteiger partial charge in [-0.25, -0.2) is 0 Å². The van der Waals surface area contributed by atoms with E-state index >= 15 is 0 Å². The summed E-state index contributed by atoms with van der Waals surface area (Å²) in [6, 6.07) is 0. The summed E-state index contributed by atoms with van der Waals surface area (Å²) < 4.78 is 5.05. The molecule has 0 aliphatic rings. The highest BCUT2D eigenvalue weighted by Gasteiger charge is 2.00. The average molecular weight is 271 g/mol. The van der Waals surface area contributed by atoms with Crippen molar-refractivity contribution in [3.63, 3.8) is 0 Å². The number of allylic oxidation sites excluding steroid dienone is 1. The average Bonchev–Trinajstić information content (AvgIpc) is 2.41. The number of nitrogens with one attached hydrogen (secondary N) is 1. The topological polar surface area (TPSA) is 58.6 Å². The molecule has 1 amide bonds. The van der Waals surface area contributed by atoms with Gasteiger partial charge in [0.25, 0.3) is 0 Å². The van der Waals surface area contributed by atoms with Crippen molar-refractivity contribution in [3.8, 4) is 0 Å². The van der Waals surface area contributed by atoms with Crippen molar-refractivity contribution in [2.24, 2.45) is 0 Å². The molecule has 0 heterocycles. The van der Waals surface area contributed by atoms with E-state index in [1.807, 2.05) is 6.08 Å². The van der Waals surface area contributed by atoms with Crippen molar-refractivity contribution in [1.82, 2.24) is 5.32 Å². The standard InChI is InChI=1S/C15H29NO3/c1-2-3-4-5-6-7-8-9-10-15(18)16-11-13-19-14-12-17/h2,17H,1,3-14H2,(H,16,18). The fourth-order valence-corrected chi connectivity index (χ4v) is 1.80. The molecule has 0 unspecified atom stereocenters. The maximum atomic E-state index is 11.4. The molecular formula is C15H29NO3. The Balaban J connectivity index is 3.13. The van der Waals surface area contributed by atoms with Crippen LogP contribution in [-0.4, -0.2) is 37.4 Å². The summed E-state index contributed by atoms with van der Waals surface area (Å²) in [4.78, 5) is 11.4. The van der Waals surface area contributed by atoms with Gasteiger partial charge in [-0.2, -0.15) is 0 Å². The third-order valence-electron chi connectivity index (χ3n) is 2.87. The van der Waals surface area contributed by atoms with E-state index in [1.165, 1.54) is 25.7 Å². The van der Waals surface area contributed by atoms with E-state index in [9.17, 15) is 4.79 Å². The summed E-state index contributed by atoms with van der Waals surface area (Å²) in [7, 11) is 0. The Labute approximate surface area is 117 Å². The second kappa shape index (κ2) is 15.2. The van der Waals surface area contributed by atoms with Crippen LogP contribution in [0.5, 0.6) is 0 Å². The van der Waals surface area contributed by atoms with Gasteiger partial charge < -0.3 is 15.2 Å². The minimum absolute atomic E-state index is 0.0285. The molecule has 0 atom stereocenters. The number of aliphatic hydroxyl groups excluding tert-OH is 1. The smallest absolute Gasteiger partial charge is 0.220 e. The Hall–Kier alpha value is -0.870. The zero-order valence-electron chi connectivity index (χ0n) is 12.0. The van der Waals surface area contributed by atoms with Crippen LogP contribution in [0.4, 0.5) is 0 Å². The number of hydrogen-bond donors (Lipinski definition) is 2. The van der Waals surface area contributed by atoms with E-state index in [4.69, 9.17) is 9.84 Å². The van der Waals surface area contributed by atoms with Crippen LogP contribution >= 0.6 is 0 Å². The number of rotatable bonds is 14. The third-order valence-corrected chi connectivity index (χ3v) is 2.87. The van der Waals surface area contributed by atoms with E-state index in [2.05, 4.69) is 11.9 Å². The largest absolute Gasteiger partial charge is 0.394 e. The minimum Gasteiger partial charge on any atom is -0.394 e. The Morgan fingerprint density at radius 3 is 2.47 bits per heavy atom. The molecule has 0 aliphatic heterocycles. The van der Waals surface area contributed by atoms with Crippen molar-refractivity contribution in [3.05, 3.63) is 12.7 Å². The van der Waals surface area contributed by atoms with Gasteiger partial charge in [-0.05, 0) is 19.3 Å². The number of ether oxygens (including phenoxy) is 1. The molecule has 2 N–H and O–H groups in total. The summed E-state index contributed by atoms with van der Waals surface area (Å²) in [6.45, 7) is 5.06. The van der Waals surface area contributed by atoms with Gasteiger partial charge in [-0.3, -0.25) is 4.79 Å². The lowest BCUT2D eigenvalue weighted by Crippen LogP contribution is -2.27. The molecule has 0 spiro atoms. The monoisotopic (exact) mass is 271 g/mol. The van der Waals surface area contributed by atoms with Crippen LogP contribution in [0.3, 0.4) is 0 Å². The molecule has 19 heavy (non-hydrogen) atoms. The van der Waals surface area contributed by atoms with Crippen molar-refractivity contribution < 1.29 is 14.6 Å². The summed E-state index contributed by atoms with van der Waals surface area (Å²) in [5, 5.41) is 11.3. The molecule has 4 heteroatoms. The Morgan fingerprint density at radius 2 is 1.79 bits per heavy atom. The van der Waals surface area contributed by atoms with E-state index < -0.39 is 0 Å². The van der Waals surface area contributed by atoms with Crippen molar-refractivity contribution in [2.45, 2.75) is 51.4 Å². The molecular weight excluding hydrogens is 242 g/mol. The van der Waals surface area contributed by atoms with E-state index in [1.54, 1.807) is 0 Å². The van der Waals surface area contributed by atoms with Crippen LogP contribution in [0.25, 0.3) is 0 Å². The molecule has 4 nitrogen and oxygen atoms in total. The van der Waals surface area contributed by atoms with Gasteiger partial charge in [0, 0.05) is 13.0 Å². The van der Waals surface area contributed by atoms with Crippen LogP contribution in [0.1, 0.15) is 51.4 Å². The molecule has 0 fully saturated rings. The first-order valence-electron chi connectivity index (χ1n) is 7.37. The summed E-state index contributed by atoms with van der Waals surface area (Å²) in [5.41, 5.74) is 0. The Kier molecular flexibility index (Phi) is 14.5. The van der Waals surface area contributed by atoms with Gasteiger partial charge >= 0.3 is 0 Å². The van der Waals surface area contributed by atoms with Crippen LogP contribution in [-0.2, 0) is 9.53 Å². The van der Waals surface area contributed by atoms with Crippen molar-refractivity contribution in [2.75, 3.05) is 26.4 Å². The first-order valence-corrected chi connectivity index (χ1v) is 7.37. The predicted molar refractivity (Wildman–Crippen MR) is 78.0 cm³/mol. The molecule has 0 aliphatic carbocycles. The molecule has 0 rings (SSSR count). The van der Waals surface area contributed by atoms with Crippen LogP contribution in [0, 0.1) is 0 Å². The van der Waals surface area contributed by atoms with Crippen LogP contribution < -0.4 is 5.32 Å². The quantitative estimate of drug-likeness (QED) is 0.377. The van der Waals surface area contributed by atoms with Crippen LogP contribution in [0.15, 0.2) is 12.7 Å². The van der Waals surface area contributed by atoms with Gasteiger partial charge in [0.05, 0.1) is 19.8 Å². The zero-order valence-corrected chi connectivity index (χ0v) is 12.0. The first kappa shape index (κ1) is 18.1. The summed E-state index contributed by atoms with van der Waals surface area (Å²) in [5.74, 6) is 0.0965. The number of aliphatic hydroxyl groups is 1. The maximum absolute atomic E-state index is 11.4. The highest BCUT2D eigenvalue weighted by atomic mass is 16.5. The lowest BCUT2D eigenvalue weighted by molar-refractivity contribution is -0.121. The summed E-state index contributed by atoms with van der Waals surface area (Å²) in [6.07, 6.45) is 10.7. The van der Waals surface area contributed by atoms with Gasteiger partial charge in [-0.1, -0.05) is 31.8 Å². The molecule has 112 valence electrons. The SMILES string of the molecule is C=CCCCCCCCCC(=O)NCCOCCO. The lowest BCUT2D eigenvalue weighted by atomic mass is 10.1. The Morgan fingerprint density at radius 1 is 1.11 bits per heavy atom. The van der Waals surface area contributed by atoms with Gasteiger partial charge in [0.1, 0.15) is 0 Å². The molecule has 0 saturated heterocycles. The number of carbonyl (C=O) groups excluding carboxylic acids is 1. The highest BCUT2D eigenvalue weighted by molar-refractivity contribution is 5.75. The maximum Gasteiger partial charge on any atom is 0.220 e. The molecule has 0 saturated carbocycles. The first-order chi connectivity index (χ1) is 9.31. The molecule has 0 aromatic heterocycles. The van der Waals surface area contributed by atoms with Crippen molar-refractivity contribution >= 4 is 5.91 Å².